The van der Waals surface area contributed by atoms with E-state index in [-0.39, 0.29) is 5.41 Å². The molecule has 24 heavy (non-hydrogen) atoms. The van der Waals surface area contributed by atoms with Crippen LogP contribution in [0, 0.1) is 0 Å². The fourth-order valence-electron chi connectivity index (χ4n) is 2.81. The topological polar surface area (TPSA) is 70.7 Å². The van der Waals surface area contributed by atoms with Gasteiger partial charge in [0.05, 0.1) is 11.0 Å². The van der Waals surface area contributed by atoms with Crippen LogP contribution in [0.1, 0.15) is 30.8 Å². The van der Waals surface area contributed by atoms with Crippen LogP contribution in [-0.4, -0.2) is 27.9 Å². The molecule has 0 aliphatic carbocycles. The third-order valence-corrected chi connectivity index (χ3v) is 4.31. The molecule has 0 saturated carbocycles. The highest BCUT2D eigenvalue weighted by Crippen LogP contribution is 2.25. The molecular weight excluding hydrogens is 300 g/mol. The number of amides is 1. The summed E-state index contributed by atoms with van der Waals surface area (Å²) in [4.78, 5) is 22.8. The molecule has 0 aliphatic rings. The van der Waals surface area contributed by atoms with Crippen molar-refractivity contribution in [2.75, 3.05) is 6.54 Å². The fourth-order valence-corrected chi connectivity index (χ4v) is 2.81. The van der Waals surface area contributed by atoms with Crippen LogP contribution >= 0.6 is 0 Å². The summed E-state index contributed by atoms with van der Waals surface area (Å²) in [7, 11) is 0. The molecule has 124 valence electrons. The van der Waals surface area contributed by atoms with Crippen LogP contribution in [0.25, 0.3) is 11.0 Å². The molecule has 0 saturated heterocycles. The fraction of sp³-hybridized carbons (Fsp3) is 0.316. The molecule has 0 unspecified atom stereocenters. The van der Waals surface area contributed by atoms with Crippen LogP contribution in [-0.2, 0) is 23.1 Å². The number of aromatic amines is 1. The average molecular weight is 322 g/mol. The van der Waals surface area contributed by atoms with E-state index in [9.17, 15) is 4.79 Å². The van der Waals surface area contributed by atoms with E-state index in [0.29, 0.717) is 6.54 Å². The van der Waals surface area contributed by atoms with Gasteiger partial charge in [-0.1, -0.05) is 26.0 Å². The number of carbonyl (C=O) groups is 1. The van der Waals surface area contributed by atoms with Gasteiger partial charge < -0.3 is 10.3 Å². The van der Waals surface area contributed by atoms with Crippen molar-refractivity contribution < 1.29 is 4.79 Å². The number of fused-ring (bicyclic) bond motifs is 1. The molecule has 0 bridgehead atoms. The van der Waals surface area contributed by atoms with E-state index in [1.807, 2.05) is 18.3 Å². The Kier molecular flexibility index (Phi) is 4.60. The number of carbonyl (C=O) groups excluding carboxylic acids is 1. The summed E-state index contributed by atoms with van der Waals surface area (Å²) in [6, 6.07) is 10.3. The van der Waals surface area contributed by atoms with Crippen LogP contribution in [0.3, 0.4) is 0 Å². The van der Waals surface area contributed by atoms with Crippen molar-refractivity contribution in [3.63, 3.8) is 0 Å². The first-order valence-corrected chi connectivity index (χ1v) is 8.13. The second-order valence-corrected chi connectivity index (χ2v) is 6.66. The minimum atomic E-state index is -0.129. The van der Waals surface area contributed by atoms with Crippen LogP contribution < -0.4 is 5.32 Å². The molecule has 0 aliphatic heterocycles. The van der Waals surface area contributed by atoms with Gasteiger partial charge in [0, 0.05) is 30.8 Å². The zero-order valence-electron chi connectivity index (χ0n) is 14.0. The standard InChI is InChI=1S/C19H22N4O/c1-19(2,12-21-13-24)15-6-7-16-17(10-15)23-18(22-16)8-5-14-4-3-9-20-11-14/h3-4,6-7,9-11,13H,5,8,12H2,1-2H3,(H,21,24)(H,22,23). The number of aromatic nitrogens is 3. The summed E-state index contributed by atoms with van der Waals surface area (Å²) in [6.07, 6.45) is 6.19. The van der Waals surface area contributed by atoms with Crippen molar-refractivity contribution in [1.82, 2.24) is 20.3 Å². The Balaban J connectivity index is 1.77. The highest BCUT2D eigenvalue weighted by Gasteiger charge is 2.21. The van der Waals surface area contributed by atoms with E-state index in [2.05, 4.69) is 52.3 Å². The third kappa shape index (κ3) is 3.62. The molecule has 1 aromatic carbocycles. The maximum atomic E-state index is 10.6. The summed E-state index contributed by atoms with van der Waals surface area (Å²) < 4.78 is 0. The molecule has 2 N–H and O–H groups in total. The second-order valence-electron chi connectivity index (χ2n) is 6.66. The number of benzene rings is 1. The number of hydrogen-bond donors (Lipinski definition) is 2. The maximum Gasteiger partial charge on any atom is 0.207 e. The summed E-state index contributed by atoms with van der Waals surface area (Å²) in [6.45, 7) is 4.83. The Bertz CT molecular complexity index is 824. The van der Waals surface area contributed by atoms with Gasteiger partial charge in [0.2, 0.25) is 6.41 Å². The lowest BCUT2D eigenvalue weighted by Crippen LogP contribution is -2.32. The molecule has 3 rings (SSSR count). The molecular formula is C19H22N4O. The number of nitrogens with zero attached hydrogens (tertiary/aromatic N) is 2. The SMILES string of the molecule is CC(C)(CNC=O)c1ccc2nc(CCc3cccnc3)[nH]c2c1. The minimum absolute atomic E-state index is 0.129. The molecule has 3 aromatic rings. The maximum absolute atomic E-state index is 10.6. The normalized spacial score (nSPS) is 11.6. The summed E-state index contributed by atoms with van der Waals surface area (Å²) in [5.41, 5.74) is 4.26. The lowest BCUT2D eigenvalue weighted by Gasteiger charge is -2.24. The quantitative estimate of drug-likeness (QED) is 0.657. The van der Waals surface area contributed by atoms with E-state index in [4.69, 9.17) is 0 Å². The van der Waals surface area contributed by atoms with Crippen molar-refractivity contribution in [2.24, 2.45) is 0 Å². The Morgan fingerprint density at radius 3 is 2.88 bits per heavy atom. The highest BCUT2D eigenvalue weighted by molar-refractivity contribution is 5.76. The van der Waals surface area contributed by atoms with Crippen molar-refractivity contribution in [2.45, 2.75) is 32.1 Å². The molecule has 0 radical (unpaired) electrons. The number of pyridine rings is 1. The Morgan fingerprint density at radius 2 is 2.12 bits per heavy atom. The van der Waals surface area contributed by atoms with Gasteiger partial charge in [-0.05, 0) is 35.7 Å². The number of hydrogen-bond acceptors (Lipinski definition) is 3. The highest BCUT2D eigenvalue weighted by atomic mass is 16.1. The number of rotatable bonds is 7. The average Bonchev–Trinajstić information content (AvgIpc) is 3.01. The van der Waals surface area contributed by atoms with Crippen LogP contribution in [0.4, 0.5) is 0 Å². The zero-order chi connectivity index (χ0) is 17.0. The first-order chi connectivity index (χ1) is 11.6. The third-order valence-electron chi connectivity index (χ3n) is 4.31. The molecule has 5 heteroatoms. The van der Waals surface area contributed by atoms with Crippen molar-refractivity contribution in [3.8, 4) is 0 Å². The van der Waals surface area contributed by atoms with Crippen molar-refractivity contribution >= 4 is 17.4 Å². The predicted molar refractivity (Wildman–Crippen MR) is 94.8 cm³/mol. The van der Waals surface area contributed by atoms with Gasteiger partial charge in [0.15, 0.2) is 0 Å². The van der Waals surface area contributed by atoms with Gasteiger partial charge in [-0.2, -0.15) is 0 Å². The van der Waals surface area contributed by atoms with E-state index in [1.54, 1.807) is 6.20 Å². The second kappa shape index (κ2) is 6.83. The Morgan fingerprint density at radius 1 is 1.25 bits per heavy atom. The molecule has 0 atom stereocenters. The summed E-state index contributed by atoms with van der Waals surface area (Å²) in [5, 5.41) is 2.77. The smallest absolute Gasteiger partial charge is 0.207 e. The van der Waals surface area contributed by atoms with Gasteiger partial charge in [-0.25, -0.2) is 4.98 Å². The van der Waals surface area contributed by atoms with Gasteiger partial charge in [-0.15, -0.1) is 0 Å². The van der Waals surface area contributed by atoms with Crippen molar-refractivity contribution in [3.05, 3.63) is 59.7 Å². The number of aryl methyl sites for hydroxylation is 2. The molecule has 0 fully saturated rings. The van der Waals surface area contributed by atoms with Gasteiger partial charge in [0.25, 0.3) is 0 Å². The van der Waals surface area contributed by atoms with Gasteiger partial charge in [-0.3, -0.25) is 9.78 Å². The van der Waals surface area contributed by atoms with E-state index in [1.165, 1.54) is 11.1 Å². The lowest BCUT2D eigenvalue weighted by molar-refractivity contribution is -0.109. The van der Waals surface area contributed by atoms with Crippen LogP contribution in [0.15, 0.2) is 42.7 Å². The van der Waals surface area contributed by atoms with Gasteiger partial charge >= 0.3 is 0 Å². The lowest BCUT2D eigenvalue weighted by atomic mass is 9.84. The molecule has 5 nitrogen and oxygen atoms in total. The summed E-state index contributed by atoms with van der Waals surface area (Å²) >= 11 is 0. The van der Waals surface area contributed by atoms with Gasteiger partial charge in [0.1, 0.15) is 5.82 Å². The number of H-pyrrole nitrogens is 1. The van der Waals surface area contributed by atoms with Crippen LogP contribution in [0.2, 0.25) is 0 Å². The van der Waals surface area contributed by atoms with E-state index >= 15 is 0 Å². The first kappa shape index (κ1) is 16.2. The molecule has 2 aromatic heterocycles. The molecule has 0 spiro atoms. The number of imidazole rings is 1. The van der Waals surface area contributed by atoms with E-state index < -0.39 is 0 Å². The van der Waals surface area contributed by atoms with Crippen molar-refractivity contribution in [1.29, 1.82) is 0 Å². The predicted octanol–water partition coefficient (Wildman–Crippen LogP) is 2.77. The monoisotopic (exact) mass is 322 g/mol. The minimum Gasteiger partial charge on any atom is -0.358 e. The first-order valence-electron chi connectivity index (χ1n) is 8.13. The molecule has 2 heterocycles. The van der Waals surface area contributed by atoms with E-state index in [0.717, 1.165) is 36.1 Å². The largest absolute Gasteiger partial charge is 0.358 e. The zero-order valence-corrected chi connectivity index (χ0v) is 14.0. The summed E-state index contributed by atoms with van der Waals surface area (Å²) in [5.74, 6) is 0.981. The Labute approximate surface area is 141 Å². The van der Waals surface area contributed by atoms with Crippen LogP contribution in [0.5, 0.6) is 0 Å². The number of nitrogens with one attached hydrogen (secondary N) is 2. The Hall–Kier alpha value is -2.69. The molecule has 1 amide bonds.